The Hall–Kier alpha value is -3.94. The van der Waals surface area contributed by atoms with Crippen LogP contribution >= 0.6 is 0 Å². The van der Waals surface area contributed by atoms with Crippen LogP contribution in [0, 0.1) is 32.0 Å². The number of nitriles is 1. The molecule has 184 valence electrons. The van der Waals surface area contributed by atoms with E-state index < -0.39 is 19.6 Å². The Morgan fingerprint density at radius 1 is 0.919 bits per heavy atom. The number of fused-ring (bicyclic) bond motifs is 3. The number of ether oxygens (including phenoxy) is 1. The van der Waals surface area contributed by atoms with E-state index in [0.29, 0.717) is 59.6 Å². The highest BCUT2D eigenvalue weighted by molar-refractivity contribution is 6.14. The summed E-state index contributed by atoms with van der Waals surface area (Å²) in [5.74, 6) is -0.717. The minimum atomic E-state index is -2.65. The van der Waals surface area contributed by atoms with E-state index in [2.05, 4.69) is 6.07 Å². The number of furan rings is 1. The normalized spacial score (nSPS) is 18.7. The second-order valence-electron chi connectivity index (χ2n) is 9.60. The average molecular weight is 495 g/mol. The number of pyridine rings is 1. The second kappa shape index (κ2) is 9.18. The molecule has 0 unspecified atom stereocenters. The third kappa shape index (κ3) is 3.91. The highest BCUT2D eigenvalue weighted by Gasteiger charge is 2.24. The number of nitrogens with zero attached hydrogens (tertiary/aromatic N) is 2. The average Bonchev–Trinajstić information content (AvgIpc) is 3.34. The van der Waals surface area contributed by atoms with Crippen LogP contribution in [-0.2, 0) is 11.8 Å². The van der Waals surface area contributed by atoms with Gasteiger partial charge in [0.2, 0.25) is 5.69 Å². The van der Waals surface area contributed by atoms with Crippen LogP contribution in [0.15, 0.2) is 65.2 Å². The molecule has 3 aromatic carbocycles. The van der Waals surface area contributed by atoms with Gasteiger partial charge in [0.05, 0.1) is 17.2 Å². The molecule has 6 rings (SSSR count). The molecule has 5 aromatic rings. The molecule has 0 N–H and O–H groups in total. The largest absolute Gasteiger partial charge is 0.454 e. The molecule has 37 heavy (non-hydrogen) atoms. The van der Waals surface area contributed by atoms with E-state index in [9.17, 15) is 5.26 Å². The molecule has 0 spiro atoms. The van der Waals surface area contributed by atoms with Gasteiger partial charge in [-0.15, -0.1) is 0 Å². The molecule has 1 aliphatic rings. The number of aryl methyl sites for hydroxylation is 4. The third-order valence-electron chi connectivity index (χ3n) is 7.35. The molecule has 3 heterocycles. The Morgan fingerprint density at radius 3 is 2.32 bits per heavy atom. The lowest BCUT2D eigenvalue weighted by Crippen LogP contribution is -2.31. The van der Waals surface area contributed by atoms with E-state index in [1.165, 1.54) is 12.3 Å². The fraction of sp³-hybridized carbons (Fsp3) is 0.273. The minimum absolute atomic E-state index is 0.224. The van der Waals surface area contributed by atoms with Gasteiger partial charge in [-0.25, -0.2) is 4.57 Å². The number of hydrogen-bond donors (Lipinski definition) is 0. The molecule has 0 amide bonds. The summed E-state index contributed by atoms with van der Waals surface area (Å²) < 4.78 is 70.8. The zero-order chi connectivity index (χ0) is 31.6. The molecule has 0 bridgehead atoms. The van der Waals surface area contributed by atoms with Crippen molar-refractivity contribution in [3.8, 4) is 28.5 Å². The summed E-state index contributed by atoms with van der Waals surface area (Å²) in [7, 11) is 1.69. The van der Waals surface area contributed by atoms with Crippen LogP contribution < -0.4 is 4.57 Å². The van der Waals surface area contributed by atoms with Gasteiger partial charge in [-0.05, 0) is 73.7 Å². The molecule has 4 nitrogen and oxygen atoms in total. The Bertz CT molecular complexity index is 1960. The van der Waals surface area contributed by atoms with Crippen molar-refractivity contribution < 1.29 is 23.3 Å². The van der Waals surface area contributed by atoms with Gasteiger partial charge in [0.15, 0.2) is 6.20 Å². The first kappa shape index (κ1) is 16.7. The van der Waals surface area contributed by atoms with Gasteiger partial charge in [-0.3, -0.25) is 0 Å². The molecular weight excluding hydrogens is 456 g/mol. The number of aromatic nitrogens is 1. The first-order valence-corrected chi connectivity index (χ1v) is 12.4. The monoisotopic (exact) mass is 494 g/mol. The van der Waals surface area contributed by atoms with Gasteiger partial charge in [0, 0.05) is 50.8 Å². The van der Waals surface area contributed by atoms with Gasteiger partial charge < -0.3 is 9.15 Å². The minimum Gasteiger partial charge on any atom is -0.454 e. The van der Waals surface area contributed by atoms with Crippen molar-refractivity contribution in [2.75, 3.05) is 13.2 Å². The number of hydrogen-bond acceptors (Lipinski definition) is 3. The van der Waals surface area contributed by atoms with E-state index in [1.807, 2.05) is 49.4 Å². The topological polar surface area (TPSA) is 50.0 Å². The molecule has 0 atom stereocenters. The van der Waals surface area contributed by atoms with Crippen LogP contribution in [0.5, 0.6) is 0 Å². The first-order chi connectivity index (χ1) is 20.7. The zero-order valence-electron chi connectivity index (χ0n) is 27.8. The Labute approximate surface area is 227 Å². The molecule has 2 aromatic heterocycles. The molecule has 1 saturated heterocycles. The quantitative estimate of drug-likeness (QED) is 0.245. The standard InChI is InChI=1S/C33H31N2O2/c1-20-5-11-27-28-12-10-26(18-34)31(25-8-6-23(7-9-25)24-13-15-36-16-14-24)33(28)37-32(27)30(20)29-17-21(2)22(3)19-35(29)4/h5-12,17,19,24H,13-16H2,1-4H3/q+1/i2D3,3D3,24D. The van der Waals surface area contributed by atoms with Crippen molar-refractivity contribution in [1.29, 1.82) is 5.26 Å². The predicted octanol–water partition coefficient (Wildman–Crippen LogP) is 7.44. The maximum atomic E-state index is 10.1. The summed E-state index contributed by atoms with van der Waals surface area (Å²) in [6.07, 6.45) is 2.60. The molecule has 1 aliphatic heterocycles. The van der Waals surface area contributed by atoms with Crippen molar-refractivity contribution >= 4 is 21.9 Å². The molecule has 0 radical (unpaired) electrons. The van der Waals surface area contributed by atoms with Gasteiger partial charge in [0.1, 0.15) is 18.2 Å². The van der Waals surface area contributed by atoms with Crippen LogP contribution in [0.3, 0.4) is 0 Å². The molecular formula is C33H31N2O2+. The molecule has 1 fully saturated rings. The van der Waals surface area contributed by atoms with Crippen molar-refractivity contribution in [3.63, 3.8) is 0 Å². The van der Waals surface area contributed by atoms with E-state index in [0.717, 1.165) is 27.5 Å². The summed E-state index contributed by atoms with van der Waals surface area (Å²) in [5, 5.41) is 11.7. The van der Waals surface area contributed by atoms with E-state index in [1.54, 1.807) is 17.7 Å². The van der Waals surface area contributed by atoms with Crippen LogP contribution in [0.1, 0.15) is 56.1 Å². The Kier molecular flexibility index (Phi) is 4.15. The van der Waals surface area contributed by atoms with Gasteiger partial charge in [-0.1, -0.05) is 36.4 Å². The van der Waals surface area contributed by atoms with Crippen molar-refractivity contribution in [2.24, 2.45) is 7.05 Å². The van der Waals surface area contributed by atoms with Crippen LogP contribution in [0.4, 0.5) is 0 Å². The predicted molar refractivity (Wildman–Crippen MR) is 147 cm³/mol. The summed E-state index contributed by atoms with van der Waals surface area (Å²) >= 11 is 0. The third-order valence-corrected chi connectivity index (χ3v) is 7.35. The maximum Gasteiger partial charge on any atom is 0.216 e. The number of rotatable bonds is 3. The van der Waals surface area contributed by atoms with Gasteiger partial charge in [0.25, 0.3) is 0 Å². The highest BCUT2D eigenvalue weighted by Crippen LogP contribution is 2.42. The van der Waals surface area contributed by atoms with Crippen LogP contribution in [-0.4, -0.2) is 13.2 Å². The van der Waals surface area contributed by atoms with Gasteiger partial charge in [-0.2, -0.15) is 5.26 Å². The molecule has 0 saturated carbocycles. The second-order valence-corrected chi connectivity index (χ2v) is 9.60. The lowest BCUT2D eigenvalue weighted by Gasteiger charge is -2.22. The van der Waals surface area contributed by atoms with Crippen LogP contribution in [0.2, 0.25) is 0 Å². The lowest BCUT2D eigenvalue weighted by molar-refractivity contribution is -0.660. The zero-order valence-corrected chi connectivity index (χ0v) is 20.8. The van der Waals surface area contributed by atoms with E-state index in [4.69, 9.17) is 18.7 Å². The van der Waals surface area contributed by atoms with E-state index >= 15 is 0 Å². The SMILES string of the molecule is [2H]C([2H])([2H])c1cc(-c2c(C)ccc3c2oc2c(-c4ccc(C5([2H])CCOCC5)cc4)c(C#N)ccc23)[n+](C)cc1C([2H])([2H])[2H]. The Balaban J connectivity index is 1.58. The van der Waals surface area contributed by atoms with Crippen LogP contribution in [0.25, 0.3) is 44.3 Å². The molecule has 0 aliphatic carbocycles. The summed E-state index contributed by atoms with van der Waals surface area (Å²) in [4.78, 5) is 0. The summed E-state index contributed by atoms with van der Waals surface area (Å²) in [5.41, 5.74) is 5.26. The van der Waals surface area contributed by atoms with Gasteiger partial charge >= 0.3 is 0 Å². The lowest BCUT2D eigenvalue weighted by atomic mass is 9.89. The molecule has 4 heteroatoms. The summed E-state index contributed by atoms with van der Waals surface area (Å²) in [6.45, 7) is -2.26. The van der Waals surface area contributed by atoms with Crippen molar-refractivity contribution in [3.05, 3.63) is 88.6 Å². The summed E-state index contributed by atoms with van der Waals surface area (Å²) in [6, 6.07) is 18.9. The van der Waals surface area contributed by atoms with Crippen molar-refractivity contribution in [1.82, 2.24) is 0 Å². The Morgan fingerprint density at radius 2 is 1.62 bits per heavy atom. The smallest absolute Gasteiger partial charge is 0.216 e. The highest BCUT2D eigenvalue weighted by atomic mass is 16.5. The fourth-order valence-corrected chi connectivity index (χ4v) is 5.38. The first-order valence-electron chi connectivity index (χ1n) is 15.9. The van der Waals surface area contributed by atoms with E-state index in [-0.39, 0.29) is 11.1 Å². The maximum absolute atomic E-state index is 10.1. The number of benzene rings is 3. The van der Waals surface area contributed by atoms with Crippen molar-refractivity contribution in [2.45, 2.75) is 39.4 Å². The fourth-order valence-electron chi connectivity index (χ4n) is 5.38.